The summed E-state index contributed by atoms with van der Waals surface area (Å²) in [6.07, 6.45) is 1.21. The van der Waals surface area contributed by atoms with Crippen molar-refractivity contribution in [3.63, 3.8) is 0 Å². The summed E-state index contributed by atoms with van der Waals surface area (Å²) in [5, 5.41) is 11.7. The molecule has 0 saturated heterocycles. The fourth-order valence-electron chi connectivity index (χ4n) is 1.95. The van der Waals surface area contributed by atoms with Crippen molar-refractivity contribution in [2.75, 3.05) is 16.6 Å². The fourth-order valence-corrected chi connectivity index (χ4v) is 3.01. The van der Waals surface area contributed by atoms with E-state index in [1.165, 1.54) is 30.5 Å². The van der Waals surface area contributed by atoms with E-state index < -0.39 is 16.0 Å². The predicted octanol–water partition coefficient (Wildman–Crippen LogP) is 2.87. The first-order chi connectivity index (χ1) is 12.5. The molecule has 0 unspecified atom stereocenters. The van der Waals surface area contributed by atoms with Crippen molar-refractivity contribution in [1.29, 1.82) is 5.26 Å². The van der Waals surface area contributed by atoms with Crippen LogP contribution >= 0.6 is 0 Å². The highest BCUT2D eigenvalue weighted by atomic mass is 32.2. The molecule has 0 heterocycles. The van der Waals surface area contributed by atoms with E-state index in [2.05, 4.69) is 10.0 Å². The third-order valence-corrected chi connectivity index (χ3v) is 4.59. The van der Waals surface area contributed by atoms with Crippen LogP contribution in [0.1, 0.15) is 6.92 Å². The van der Waals surface area contributed by atoms with Gasteiger partial charge in [-0.1, -0.05) is 18.2 Å². The second kappa shape index (κ2) is 8.69. The number of rotatable bonds is 7. The Balaban J connectivity index is 2.10. The maximum absolute atomic E-state index is 12.3. The SMILES string of the molecule is CCOC(=O)/C(C#N)=C/Nc1ccc(S(=O)(=O)Nc2ccccc2)cc1. The molecule has 0 radical (unpaired) electrons. The molecule has 0 aliphatic rings. The summed E-state index contributed by atoms with van der Waals surface area (Å²) in [7, 11) is -3.71. The van der Waals surface area contributed by atoms with Gasteiger partial charge in [-0.2, -0.15) is 5.26 Å². The summed E-state index contributed by atoms with van der Waals surface area (Å²) in [5.74, 6) is -0.728. The van der Waals surface area contributed by atoms with Gasteiger partial charge in [-0.05, 0) is 43.3 Å². The zero-order valence-corrected chi connectivity index (χ0v) is 14.8. The summed E-state index contributed by atoms with van der Waals surface area (Å²) in [6, 6.07) is 16.2. The van der Waals surface area contributed by atoms with Crippen molar-refractivity contribution in [1.82, 2.24) is 0 Å². The number of carbonyl (C=O) groups excluding carboxylic acids is 1. The van der Waals surface area contributed by atoms with Crippen LogP contribution < -0.4 is 10.0 Å². The second-order valence-corrected chi connectivity index (χ2v) is 6.71. The Bertz CT molecular complexity index is 931. The largest absolute Gasteiger partial charge is 0.462 e. The lowest BCUT2D eigenvalue weighted by Gasteiger charge is -2.09. The van der Waals surface area contributed by atoms with E-state index in [9.17, 15) is 13.2 Å². The number of hydrogen-bond donors (Lipinski definition) is 2. The summed E-state index contributed by atoms with van der Waals surface area (Å²) in [5.41, 5.74) is 0.792. The van der Waals surface area contributed by atoms with Crippen LogP contribution in [-0.2, 0) is 19.6 Å². The normalized spacial score (nSPS) is 11.3. The lowest BCUT2D eigenvalue weighted by atomic mass is 10.3. The van der Waals surface area contributed by atoms with Crippen molar-refractivity contribution < 1.29 is 17.9 Å². The monoisotopic (exact) mass is 371 g/mol. The van der Waals surface area contributed by atoms with E-state index in [-0.39, 0.29) is 17.1 Å². The van der Waals surface area contributed by atoms with E-state index >= 15 is 0 Å². The highest BCUT2D eigenvalue weighted by Crippen LogP contribution is 2.18. The molecule has 134 valence electrons. The molecule has 26 heavy (non-hydrogen) atoms. The first-order valence-electron chi connectivity index (χ1n) is 7.68. The van der Waals surface area contributed by atoms with Crippen molar-refractivity contribution in [2.24, 2.45) is 0 Å². The third kappa shape index (κ3) is 5.09. The number of nitrogens with zero attached hydrogens (tertiary/aromatic N) is 1. The fraction of sp³-hybridized carbons (Fsp3) is 0.111. The molecule has 0 spiro atoms. The molecular weight excluding hydrogens is 354 g/mol. The Kier molecular flexibility index (Phi) is 6.36. The van der Waals surface area contributed by atoms with E-state index in [1.807, 2.05) is 0 Å². The van der Waals surface area contributed by atoms with E-state index in [0.717, 1.165) is 0 Å². The van der Waals surface area contributed by atoms with E-state index in [0.29, 0.717) is 11.4 Å². The standard InChI is InChI=1S/C18H17N3O4S/c1-2-25-18(22)14(12-19)13-20-15-8-10-17(11-9-15)26(23,24)21-16-6-4-3-5-7-16/h3-11,13,20-21H,2H2,1H3/b14-13+. The number of sulfonamides is 1. The molecule has 8 heteroatoms. The Morgan fingerprint density at radius 1 is 1.12 bits per heavy atom. The number of nitrogens with one attached hydrogen (secondary N) is 2. The number of benzene rings is 2. The van der Waals surface area contributed by atoms with Gasteiger partial charge in [0.25, 0.3) is 10.0 Å². The van der Waals surface area contributed by atoms with Crippen molar-refractivity contribution in [3.05, 3.63) is 66.4 Å². The Labute approximate surface area is 152 Å². The van der Waals surface area contributed by atoms with Gasteiger partial charge < -0.3 is 10.1 Å². The van der Waals surface area contributed by atoms with Gasteiger partial charge in [0.15, 0.2) is 5.57 Å². The molecule has 0 aromatic heterocycles. The van der Waals surface area contributed by atoms with Gasteiger partial charge in [0.05, 0.1) is 11.5 Å². The van der Waals surface area contributed by atoms with Gasteiger partial charge in [0, 0.05) is 17.6 Å². The van der Waals surface area contributed by atoms with Crippen LogP contribution in [0.4, 0.5) is 11.4 Å². The molecule has 0 bridgehead atoms. The molecule has 0 fully saturated rings. The van der Waals surface area contributed by atoms with Crippen molar-refractivity contribution in [2.45, 2.75) is 11.8 Å². The third-order valence-electron chi connectivity index (χ3n) is 3.19. The molecule has 7 nitrogen and oxygen atoms in total. The Hall–Kier alpha value is -3.31. The molecule has 2 N–H and O–H groups in total. The number of ether oxygens (including phenoxy) is 1. The smallest absolute Gasteiger partial charge is 0.350 e. The van der Waals surface area contributed by atoms with E-state index in [4.69, 9.17) is 10.00 Å². The van der Waals surface area contributed by atoms with Crippen LogP contribution in [-0.4, -0.2) is 21.0 Å². The molecule has 0 atom stereocenters. The molecule has 2 aromatic rings. The maximum atomic E-state index is 12.3. The second-order valence-electron chi connectivity index (χ2n) is 5.03. The van der Waals surface area contributed by atoms with Crippen LogP contribution in [0, 0.1) is 11.3 Å². The minimum Gasteiger partial charge on any atom is -0.462 e. The topological polar surface area (TPSA) is 108 Å². The van der Waals surface area contributed by atoms with Crippen LogP contribution in [0.3, 0.4) is 0 Å². The zero-order chi connectivity index (χ0) is 19.0. The number of anilines is 2. The lowest BCUT2D eigenvalue weighted by Crippen LogP contribution is -2.12. The number of hydrogen-bond acceptors (Lipinski definition) is 6. The number of carbonyl (C=O) groups is 1. The van der Waals surface area contributed by atoms with Crippen LogP contribution in [0.2, 0.25) is 0 Å². The lowest BCUT2D eigenvalue weighted by molar-refractivity contribution is -0.138. The molecule has 0 aliphatic carbocycles. The number of para-hydroxylation sites is 1. The van der Waals surface area contributed by atoms with Gasteiger partial charge in [-0.15, -0.1) is 0 Å². The van der Waals surface area contributed by atoms with Crippen LogP contribution in [0.5, 0.6) is 0 Å². The number of nitriles is 1. The molecular formula is C18H17N3O4S. The zero-order valence-electron chi connectivity index (χ0n) is 14.0. The quantitative estimate of drug-likeness (QED) is 0.440. The summed E-state index contributed by atoms with van der Waals surface area (Å²) >= 11 is 0. The molecule has 0 saturated carbocycles. The van der Waals surface area contributed by atoms with Crippen molar-refractivity contribution in [3.8, 4) is 6.07 Å². The highest BCUT2D eigenvalue weighted by molar-refractivity contribution is 7.92. The van der Waals surface area contributed by atoms with Gasteiger partial charge >= 0.3 is 5.97 Å². The van der Waals surface area contributed by atoms with Crippen LogP contribution in [0.25, 0.3) is 0 Å². The first-order valence-corrected chi connectivity index (χ1v) is 9.16. The highest BCUT2D eigenvalue weighted by Gasteiger charge is 2.14. The Morgan fingerprint density at radius 2 is 1.77 bits per heavy atom. The average molecular weight is 371 g/mol. The summed E-state index contributed by atoms with van der Waals surface area (Å²) in [4.78, 5) is 11.6. The maximum Gasteiger partial charge on any atom is 0.350 e. The van der Waals surface area contributed by atoms with Crippen LogP contribution in [0.15, 0.2) is 71.3 Å². The predicted molar refractivity (Wildman–Crippen MR) is 97.6 cm³/mol. The van der Waals surface area contributed by atoms with E-state index in [1.54, 1.807) is 43.3 Å². The molecule has 0 amide bonds. The summed E-state index contributed by atoms with van der Waals surface area (Å²) < 4.78 is 31.9. The Morgan fingerprint density at radius 3 is 2.35 bits per heavy atom. The average Bonchev–Trinajstić information content (AvgIpc) is 2.63. The van der Waals surface area contributed by atoms with Gasteiger partial charge in [-0.3, -0.25) is 4.72 Å². The minimum atomic E-state index is -3.71. The number of esters is 1. The molecule has 2 rings (SSSR count). The van der Waals surface area contributed by atoms with Gasteiger partial charge in [0.2, 0.25) is 0 Å². The van der Waals surface area contributed by atoms with Gasteiger partial charge in [-0.25, -0.2) is 13.2 Å². The van der Waals surface area contributed by atoms with Gasteiger partial charge in [0.1, 0.15) is 6.07 Å². The minimum absolute atomic E-state index is 0.0850. The summed E-state index contributed by atoms with van der Waals surface area (Å²) in [6.45, 7) is 1.81. The van der Waals surface area contributed by atoms with Crippen molar-refractivity contribution >= 4 is 27.4 Å². The molecule has 0 aliphatic heterocycles. The first kappa shape index (κ1) is 19.0. The molecule has 2 aromatic carbocycles.